The quantitative estimate of drug-likeness (QED) is 0.182. The van der Waals surface area contributed by atoms with Crippen LogP contribution in [0.15, 0.2) is 24.5 Å². The van der Waals surface area contributed by atoms with E-state index in [-0.39, 0.29) is 22.9 Å². The van der Waals surface area contributed by atoms with Gasteiger partial charge in [-0.1, -0.05) is 0 Å². The molecular weight excluding hydrogens is 586 g/mol. The van der Waals surface area contributed by atoms with Gasteiger partial charge in [-0.3, -0.25) is 13.9 Å². The minimum absolute atomic E-state index is 0.107. The second-order valence-corrected chi connectivity index (χ2v) is 11.6. The summed E-state index contributed by atoms with van der Waals surface area (Å²) in [6.07, 6.45) is -4.08. The van der Waals surface area contributed by atoms with Crippen molar-refractivity contribution in [2.75, 3.05) is 24.7 Å². The van der Waals surface area contributed by atoms with E-state index in [1.807, 2.05) is 0 Å². The van der Waals surface area contributed by atoms with Gasteiger partial charge in [0.2, 0.25) is 5.95 Å². The van der Waals surface area contributed by atoms with Gasteiger partial charge in [-0.2, -0.15) is 15.1 Å². The van der Waals surface area contributed by atoms with Gasteiger partial charge in [-0.05, 0) is 27.7 Å². The van der Waals surface area contributed by atoms with Crippen molar-refractivity contribution >= 4 is 36.6 Å². The lowest BCUT2D eigenvalue weighted by molar-refractivity contribution is -0.149. The number of anilines is 2. The Hall–Kier alpha value is -3.50. The first-order valence-electron chi connectivity index (χ1n) is 12.7. The van der Waals surface area contributed by atoms with E-state index in [0.717, 1.165) is 19.1 Å². The molecule has 0 amide bonds. The molecule has 14 nitrogen and oxygen atoms in total. The number of benzene rings is 1. The molecule has 1 aliphatic heterocycles. The summed E-state index contributed by atoms with van der Waals surface area (Å²) < 4.78 is 80.1. The molecule has 0 spiro atoms. The molecule has 4 rings (SSSR count). The van der Waals surface area contributed by atoms with Crippen LogP contribution in [-0.4, -0.2) is 74.3 Å². The zero-order valence-corrected chi connectivity index (χ0v) is 24.1. The molecule has 0 radical (unpaired) electrons. The number of aromatic nitrogens is 4. The van der Waals surface area contributed by atoms with E-state index in [0.29, 0.717) is 6.07 Å². The molecule has 1 saturated heterocycles. The lowest BCUT2D eigenvalue weighted by atomic mass is 9.98. The summed E-state index contributed by atoms with van der Waals surface area (Å²) in [6.45, 7) is 4.81. The number of alkyl halides is 1. The van der Waals surface area contributed by atoms with Gasteiger partial charge in [0.1, 0.15) is 35.6 Å². The van der Waals surface area contributed by atoms with Crippen LogP contribution in [-0.2, 0) is 23.4 Å². The Bertz CT molecular complexity index is 1490. The molecule has 0 saturated carbocycles. The molecule has 5 N–H and O–H groups in total. The fourth-order valence-electron chi connectivity index (χ4n) is 4.24. The van der Waals surface area contributed by atoms with Crippen molar-refractivity contribution in [3.8, 4) is 5.75 Å². The molecule has 1 aromatic carbocycles. The van der Waals surface area contributed by atoms with E-state index < -0.39 is 74.0 Å². The molecule has 42 heavy (non-hydrogen) atoms. The molecule has 3 heterocycles. The minimum Gasteiger partial charge on any atom is -0.462 e. The van der Waals surface area contributed by atoms with Crippen molar-refractivity contribution in [3.05, 3.63) is 36.2 Å². The first-order chi connectivity index (χ1) is 19.6. The Morgan fingerprint density at radius 3 is 2.55 bits per heavy atom. The Labute approximate surface area is 238 Å². The van der Waals surface area contributed by atoms with Crippen LogP contribution in [0.3, 0.4) is 0 Å². The van der Waals surface area contributed by atoms with Crippen LogP contribution in [0, 0.1) is 11.6 Å². The third kappa shape index (κ3) is 6.60. The maximum Gasteiger partial charge on any atom is 0.459 e. The Morgan fingerprint density at radius 2 is 1.93 bits per heavy atom. The normalized spacial score (nSPS) is 24.5. The average molecular weight is 618 g/mol. The predicted octanol–water partition coefficient (Wildman–Crippen LogP) is 2.85. The highest BCUT2D eigenvalue weighted by Gasteiger charge is 2.56. The molecule has 18 heteroatoms. The summed E-state index contributed by atoms with van der Waals surface area (Å²) in [4.78, 5) is 24.7. The number of nitrogens with one attached hydrogen (secondary N) is 2. The largest absolute Gasteiger partial charge is 0.462 e. The number of rotatable bonds is 11. The molecule has 1 unspecified atom stereocenters. The van der Waals surface area contributed by atoms with E-state index >= 15 is 4.39 Å². The number of imidazole rings is 1. The first-order valence-corrected chi connectivity index (χ1v) is 14.3. The fraction of sp³-hybridized carbons (Fsp3) is 0.500. The molecule has 230 valence electrons. The van der Waals surface area contributed by atoms with Gasteiger partial charge >= 0.3 is 13.7 Å². The smallest absolute Gasteiger partial charge is 0.459 e. The summed E-state index contributed by atoms with van der Waals surface area (Å²) in [5.74, 6) is -3.28. The first kappa shape index (κ1) is 31.4. The van der Waals surface area contributed by atoms with Crippen molar-refractivity contribution in [2.24, 2.45) is 0 Å². The van der Waals surface area contributed by atoms with Crippen LogP contribution in [0.1, 0.15) is 33.9 Å². The van der Waals surface area contributed by atoms with Gasteiger partial charge in [0.05, 0.1) is 19.0 Å². The van der Waals surface area contributed by atoms with Crippen LogP contribution in [0.25, 0.3) is 11.2 Å². The van der Waals surface area contributed by atoms with Crippen molar-refractivity contribution in [2.45, 2.75) is 63.9 Å². The van der Waals surface area contributed by atoms with E-state index in [4.69, 9.17) is 24.3 Å². The number of nitrogens with two attached hydrogens (primary N) is 1. The predicted molar refractivity (Wildman–Crippen MR) is 143 cm³/mol. The summed E-state index contributed by atoms with van der Waals surface area (Å²) in [5.41, 5.74) is 3.68. The lowest BCUT2D eigenvalue weighted by Gasteiger charge is -2.25. The zero-order valence-electron chi connectivity index (χ0n) is 23.2. The molecule has 3 aromatic rings. The number of aliphatic hydroxyl groups is 1. The van der Waals surface area contributed by atoms with Gasteiger partial charge in [0.25, 0.3) is 0 Å². The highest BCUT2D eigenvalue weighted by molar-refractivity contribution is 7.52. The highest BCUT2D eigenvalue weighted by Crippen LogP contribution is 2.48. The number of fused-ring (bicyclic) bond motifs is 1. The second-order valence-electron chi connectivity index (χ2n) is 9.95. The van der Waals surface area contributed by atoms with Crippen LogP contribution >= 0.6 is 7.75 Å². The second kappa shape index (κ2) is 12.0. The van der Waals surface area contributed by atoms with Crippen molar-refractivity contribution in [1.82, 2.24) is 24.6 Å². The molecule has 6 atom stereocenters. The van der Waals surface area contributed by atoms with Crippen molar-refractivity contribution in [3.63, 3.8) is 0 Å². The number of aliphatic hydroxyl groups excluding tert-OH is 1. The van der Waals surface area contributed by atoms with E-state index in [1.54, 1.807) is 20.9 Å². The molecule has 2 aromatic heterocycles. The van der Waals surface area contributed by atoms with Gasteiger partial charge in [0, 0.05) is 25.2 Å². The summed E-state index contributed by atoms with van der Waals surface area (Å²) in [6, 6.07) is 0.765. The topological polar surface area (TPSA) is 185 Å². The monoisotopic (exact) mass is 617 g/mol. The van der Waals surface area contributed by atoms with Crippen molar-refractivity contribution < 1.29 is 46.2 Å². The lowest BCUT2D eigenvalue weighted by Crippen LogP contribution is -2.41. The molecule has 0 bridgehead atoms. The van der Waals surface area contributed by atoms with Crippen LogP contribution in [0.5, 0.6) is 5.75 Å². The number of nitrogen functional groups attached to an aromatic ring is 1. The molecule has 0 aliphatic carbocycles. The molecule has 1 fully saturated rings. The van der Waals surface area contributed by atoms with Gasteiger partial charge in [0.15, 0.2) is 28.9 Å². The number of hydrogen-bond donors (Lipinski definition) is 4. The standard InChI is InChI=1S/C24H31F3N7O7P/c1-11(2)39-21(36)12(3)33-42(37,41-15-7-13(25)6-14(26)8-15)38-9-16-18(35)24(4,27)22(40-16)34-10-30-17-19(29-5)31-23(28)32-20(17)34/h6-8,10-12,16,18,22,35H,9H2,1-5H3,(H,33,37)(H3,28,29,31,32)/t12-,16+,18+,22+,24+,42?/m0/s1. The van der Waals surface area contributed by atoms with E-state index in [1.165, 1.54) is 17.8 Å². The third-order valence-electron chi connectivity index (χ3n) is 6.17. The SMILES string of the molecule is CNc1nc(N)nc2c1ncn2[C@@H]1O[C@H](COP(=O)(N[C@@H](C)C(=O)OC(C)C)Oc2cc(F)cc(F)c2)[C@@H](O)[C@@]1(C)F. The summed E-state index contributed by atoms with van der Waals surface area (Å²) in [7, 11) is -3.07. The number of carbonyl (C=O) groups is 1. The number of ether oxygens (including phenoxy) is 2. The Balaban J connectivity index is 1.59. The van der Waals surface area contributed by atoms with Gasteiger partial charge in [-0.15, -0.1) is 0 Å². The fourth-order valence-corrected chi connectivity index (χ4v) is 5.72. The van der Waals surface area contributed by atoms with E-state index in [2.05, 4.69) is 25.4 Å². The van der Waals surface area contributed by atoms with Gasteiger partial charge < -0.3 is 30.2 Å². The minimum atomic E-state index is -4.65. The number of nitrogens with zero attached hydrogens (tertiary/aromatic N) is 4. The number of carbonyl (C=O) groups excluding carboxylic acids is 1. The number of halogens is 3. The highest BCUT2D eigenvalue weighted by atomic mass is 31.2. The van der Waals surface area contributed by atoms with Crippen LogP contribution in [0.4, 0.5) is 24.9 Å². The molecule has 1 aliphatic rings. The molecular formula is C24H31F3N7O7P. The number of hydrogen-bond acceptors (Lipinski definition) is 12. The van der Waals surface area contributed by atoms with Gasteiger partial charge in [-0.25, -0.2) is 22.7 Å². The van der Waals surface area contributed by atoms with E-state index in [9.17, 15) is 23.2 Å². The van der Waals surface area contributed by atoms with Crippen LogP contribution < -0.4 is 20.7 Å². The van der Waals surface area contributed by atoms with Crippen molar-refractivity contribution in [1.29, 1.82) is 0 Å². The summed E-state index contributed by atoms with van der Waals surface area (Å²) in [5, 5.41) is 16.0. The summed E-state index contributed by atoms with van der Waals surface area (Å²) >= 11 is 0. The number of esters is 1. The maximum atomic E-state index is 16.0. The zero-order chi connectivity index (χ0) is 31.0. The maximum absolute atomic E-state index is 16.0. The Morgan fingerprint density at radius 1 is 1.26 bits per heavy atom. The third-order valence-corrected chi connectivity index (χ3v) is 7.82. The van der Waals surface area contributed by atoms with Crippen LogP contribution in [0.2, 0.25) is 0 Å². The Kier molecular flexibility index (Phi) is 8.99. The average Bonchev–Trinajstić information content (AvgIpc) is 3.38.